The number of hydrogen-bond donors (Lipinski definition) is 4. The molecule has 11 nitrogen and oxygen atoms in total. The summed E-state index contributed by atoms with van der Waals surface area (Å²) in [5.41, 5.74) is 5.73. The average molecular weight is 553 g/mol. The Hall–Kier alpha value is -4.51. The van der Waals surface area contributed by atoms with Gasteiger partial charge in [-0.2, -0.15) is 5.10 Å². The average Bonchev–Trinajstić information content (AvgIpc) is 2.93. The Morgan fingerprint density at radius 2 is 1.85 bits per heavy atom. The molecule has 2 aromatic carbocycles. The van der Waals surface area contributed by atoms with Crippen LogP contribution in [0.5, 0.6) is 17.2 Å². The van der Waals surface area contributed by atoms with Crippen LogP contribution in [0.3, 0.4) is 0 Å². The standard InChI is InChI=1S/C29H36N4O7/c1-6-9-20-14-19(10-12-22(20)38-7-2)16-30-33-25(34)17-40-23-13-11-21(15-24(23)39-8-3)27-26(28(35)37-5)18(4)31-29(36)32-27/h6,10-16,25,27,33-34H,1,7-9,17H2,2-5H3,(H2,31,32,36)/b30-16-/t25-,27+/m0/s1. The Morgan fingerprint density at radius 1 is 1.12 bits per heavy atom. The fraction of sp³-hybridized carbons (Fsp3) is 0.345. The van der Waals surface area contributed by atoms with Gasteiger partial charge in [-0.25, -0.2) is 9.59 Å². The van der Waals surface area contributed by atoms with Gasteiger partial charge in [0.05, 0.1) is 38.2 Å². The molecule has 40 heavy (non-hydrogen) atoms. The van der Waals surface area contributed by atoms with Crippen molar-refractivity contribution in [1.29, 1.82) is 0 Å². The van der Waals surface area contributed by atoms with Gasteiger partial charge in [0.25, 0.3) is 0 Å². The van der Waals surface area contributed by atoms with E-state index in [1.54, 1.807) is 37.4 Å². The van der Waals surface area contributed by atoms with Crippen LogP contribution in [-0.2, 0) is 16.0 Å². The Kier molecular flexibility index (Phi) is 11.0. The first-order valence-electron chi connectivity index (χ1n) is 12.9. The molecule has 3 rings (SSSR count). The lowest BCUT2D eigenvalue weighted by molar-refractivity contribution is -0.136. The number of amides is 2. The molecule has 0 radical (unpaired) electrons. The minimum absolute atomic E-state index is 0.127. The first-order chi connectivity index (χ1) is 19.3. The third kappa shape index (κ3) is 7.76. The third-order valence-corrected chi connectivity index (χ3v) is 5.86. The van der Waals surface area contributed by atoms with Crippen LogP contribution in [0.15, 0.2) is 65.4 Å². The molecule has 0 bridgehead atoms. The summed E-state index contributed by atoms with van der Waals surface area (Å²) in [6, 6.07) is 9.54. The molecule has 0 spiro atoms. The molecule has 0 fully saturated rings. The summed E-state index contributed by atoms with van der Waals surface area (Å²) in [7, 11) is 1.28. The molecular weight excluding hydrogens is 516 g/mol. The smallest absolute Gasteiger partial charge is 0.337 e. The maximum atomic E-state index is 12.4. The van der Waals surface area contributed by atoms with Crippen molar-refractivity contribution in [1.82, 2.24) is 16.1 Å². The van der Waals surface area contributed by atoms with Crippen molar-refractivity contribution < 1.29 is 33.6 Å². The van der Waals surface area contributed by atoms with Crippen molar-refractivity contribution in [3.05, 3.63) is 77.0 Å². The Bertz CT molecular complexity index is 1280. The topological polar surface area (TPSA) is 140 Å². The lowest BCUT2D eigenvalue weighted by Crippen LogP contribution is -2.45. The number of nitrogens with zero attached hydrogens (tertiary/aromatic N) is 1. The first-order valence-corrected chi connectivity index (χ1v) is 12.9. The van der Waals surface area contributed by atoms with Crippen LogP contribution in [0.1, 0.15) is 43.5 Å². The molecule has 0 aromatic heterocycles. The zero-order valence-electron chi connectivity index (χ0n) is 23.2. The highest BCUT2D eigenvalue weighted by molar-refractivity contribution is 5.95. The highest BCUT2D eigenvalue weighted by Gasteiger charge is 2.32. The van der Waals surface area contributed by atoms with Crippen molar-refractivity contribution >= 4 is 18.2 Å². The number of esters is 1. The molecule has 0 unspecified atom stereocenters. The van der Waals surface area contributed by atoms with Crippen LogP contribution in [0.4, 0.5) is 4.79 Å². The van der Waals surface area contributed by atoms with E-state index in [1.165, 1.54) is 7.11 Å². The van der Waals surface area contributed by atoms with Crippen LogP contribution in [-0.4, -0.2) is 56.5 Å². The quantitative estimate of drug-likeness (QED) is 0.0920. The number of methoxy groups -OCH3 is 1. The van der Waals surface area contributed by atoms with Gasteiger partial charge in [-0.15, -0.1) is 6.58 Å². The van der Waals surface area contributed by atoms with E-state index < -0.39 is 24.3 Å². The van der Waals surface area contributed by atoms with E-state index in [2.05, 4.69) is 27.7 Å². The fourth-order valence-corrected chi connectivity index (χ4v) is 4.11. The van der Waals surface area contributed by atoms with Crippen LogP contribution >= 0.6 is 0 Å². The van der Waals surface area contributed by atoms with E-state index >= 15 is 0 Å². The number of aliphatic hydroxyl groups excluding tert-OH is 1. The molecule has 1 aliphatic heterocycles. The first kappa shape index (κ1) is 30.0. The zero-order chi connectivity index (χ0) is 29.1. The van der Waals surface area contributed by atoms with Gasteiger partial charge in [0, 0.05) is 5.70 Å². The second-order valence-corrected chi connectivity index (χ2v) is 8.71. The van der Waals surface area contributed by atoms with E-state index in [4.69, 9.17) is 18.9 Å². The number of benzene rings is 2. The second kappa shape index (κ2) is 14.6. The number of hydrogen-bond acceptors (Lipinski definition) is 9. The molecule has 11 heteroatoms. The summed E-state index contributed by atoms with van der Waals surface area (Å²) in [5.74, 6) is 0.989. The summed E-state index contributed by atoms with van der Waals surface area (Å²) in [6.07, 6.45) is 2.94. The number of ether oxygens (including phenoxy) is 4. The van der Waals surface area contributed by atoms with Gasteiger partial charge in [0.15, 0.2) is 17.7 Å². The van der Waals surface area contributed by atoms with Gasteiger partial charge in [-0.05, 0) is 74.2 Å². The van der Waals surface area contributed by atoms with Crippen LogP contribution in [0, 0.1) is 0 Å². The van der Waals surface area contributed by atoms with Crippen molar-refractivity contribution in [2.24, 2.45) is 5.10 Å². The number of carbonyl (C=O) groups excluding carboxylic acids is 2. The van der Waals surface area contributed by atoms with E-state index in [1.807, 2.05) is 32.0 Å². The molecule has 214 valence electrons. The number of aliphatic hydroxyl groups is 1. The number of rotatable bonds is 14. The lowest BCUT2D eigenvalue weighted by Gasteiger charge is -2.28. The van der Waals surface area contributed by atoms with Crippen LogP contribution in [0.25, 0.3) is 0 Å². The molecule has 2 aromatic rings. The highest BCUT2D eigenvalue weighted by Crippen LogP contribution is 2.35. The summed E-state index contributed by atoms with van der Waals surface area (Å²) in [6.45, 7) is 9.95. The second-order valence-electron chi connectivity index (χ2n) is 8.71. The predicted octanol–water partition coefficient (Wildman–Crippen LogP) is 3.33. The molecule has 0 aliphatic carbocycles. The molecule has 0 saturated carbocycles. The number of hydrazone groups is 1. The SMILES string of the molecule is C=CCc1cc(/C=N\N[C@@H](O)COc2ccc([C@H]3NC(=O)NC(C)=C3C(=O)OC)cc2OCC)ccc1OCC. The minimum Gasteiger partial charge on any atom is -0.494 e. The molecule has 2 atom stereocenters. The third-order valence-electron chi connectivity index (χ3n) is 5.86. The van der Waals surface area contributed by atoms with Crippen molar-refractivity contribution in [2.45, 2.75) is 39.5 Å². The summed E-state index contributed by atoms with van der Waals surface area (Å²) in [5, 5.41) is 19.8. The van der Waals surface area contributed by atoms with E-state index in [0.29, 0.717) is 42.4 Å². The summed E-state index contributed by atoms with van der Waals surface area (Å²) < 4.78 is 22.1. The largest absolute Gasteiger partial charge is 0.494 e. The minimum atomic E-state index is -1.11. The van der Waals surface area contributed by atoms with Crippen molar-refractivity contribution in [2.75, 3.05) is 26.9 Å². The number of carbonyl (C=O) groups is 2. The van der Waals surface area contributed by atoms with Crippen LogP contribution in [0.2, 0.25) is 0 Å². The number of allylic oxidation sites excluding steroid dienone is 2. The Morgan fingerprint density at radius 3 is 2.55 bits per heavy atom. The molecule has 1 heterocycles. The zero-order valence-corrected chi connectivity index (χ0v) is 23.2. The Balaban J connectivity index is 1.68. The molecular formula is C29H36N4O7. The number of nitrogens with one attached hydrogen (secondary N) is 3. The van der Waals surface area contributed by atoms with Gasteiger partial charge >= 0.3 is 12.0 Å². The van der Waals surface area contributed by atoms with Gasteiger partial charge < -0.3 is 34.7 Å². The predicted molar refractivity (Wildman–Crippen MR) is 150 cm³/mol. The molecule has 4 N–H and O–H groups in total. The van der Waals surface area contributed by atoms with E-state index in [0.717, 1.165) is 16.9 Å². The normalized spacial score (nSPS) is 15.6. The van der Waals surface area contributed by atoms with Crippen LogP contribution < -0.4 is 30.3 Å². The van der Waals surface area contributed by atoms with Gasteiger partial charge in [-0.3, -0.25) is 5.43 Å². The monoisotopic (exact) mass is 552 g/mol. The van der Waals surface area contributed by atoms with Gasteiger partial charge in [0.2, 0.25) is 0 Å². The van der Waals surface area contributed by atoms with Crippen molar-refractivity contribution in [3.8, 4) is 17.2 Å². The molecule has 1 aliphatic rings. The lowest BCUT2D eigenvalue weighted by atomic mass is 9.95. The summed E-state index contributed by atoms with van der Waals surface area (Å²) in [4.78, 5) is 24.5. The highest BCUT2D eigenvalue weighted by atomic mass is 16.5. The van der Waals surface area contributed by atoms with Gasteiger partial charge in [0.1, 0.15) is 12.4 Å². The summed E-state index contributed by atoms with van der Waals surface area (Å²) >= 11 is 0. The van der Waals surface area contributed by atoms with Crippen molar-refractivity contribution in [3.63, 3.8) is 0 Å². The van der Waals surface area contributed by atoms with E-state index in [-0.39, 0.29) is 12.2 Å². The molecule has 0 saturated heterocycles. The Labute approximate surface area is 233 Å². The van der Waals surface area contributed by atoms with E-state index in [9.17, 15) is 14.7 Å². The molecule has 2 amide bonds. The van der Waals surface area contributed by atoms with Gasteiger partial charge in [-0.1, -0.05) is 12.1 Å². The maximum absolute atomic E-state index is 12.4. The maximum Gasteiger partial charge on any atom is 0.337 e. The fourth-order valence-electron chi connectivity index (χ4n) is 4.11. The number of urea groups is 1.